The van der Waals surface area contributed by atoms with Crippen molar-refractivity contribution in [1.82, 2.24) is 10.3 Å². The molecule has 2 unspecified atom stereocenters. The molecule has 2 heteroatoms. The average molecular weight is 226 g/mol. The minimum atomic E-state index is 0.692. The van der Waals surface area contributed by atoms with E-state index in [4.69, 9.17) is 0 Å². The van der Waals surface area contributed by atoms with Crippen molar-refractivity contribution in [3.63, 3.8) is 0 Å². The van der Waals surface area contributed by atoms with Gasteiger partial charge in [-0.05, 0) is 49.2 Å². The lowest BCUT2D eigenvalue weighted by atomic mass is 9.93. The Morgan fingerprint density at radius 2 is 2.18 bits per heavy atom. The fourth-order valence-corrected chi connectivity index (χ4v) is 3.03. The van der Waals surface area contributed by atoms with E-state index >= 15 is 0 Å². The van der Waals surface area contributed by atoms with Gasteiger partial charge in [0, 0.05) is 23.8 Å². The molecule has 0 radical (unpaired) electrons. The van der Waals surface area contributed by atoms with Gasteiger partial charge in [0.1, 0.15) is 0 Å². The van der Waals surface area contributed by atoms with Crippen LogP contribution in [0.15, 0.2) is 36.7 Å². The van der Waals surface area contributed by atoms with Crippen molar-refractivity contribution in [2.45, 2.75) is 31.2 Å². The summed E-state index contributed by atoms with van der Waals surface area (Å²) in [5, 5.41) is 6.04. The van der Waals surface area contributed by atoms with Gasteiger partial charge in [-0.25, -0.2) is 0 Å². The Bertz CT molecular complexity index is 516. The van der Waals surface area contributed by atoms with E-state index < -0.39 is 0 Å². The van der Waals surface area contributed by atoms with E-state index in [-0.39, 0.29) is 0 Å². The molecule has 0 aliphatic heterocycles. The molecule has 0 amide bonds. The SMILES string of the molecule is CNC1CCC(c2cccc3cnccc23)C1. The molecule has 1 aromatic carbocycles. The highest BCUT2D eigenvalue weighted by Crippen LogP contribution is 2.37. The van der Waals surface area contributed by atoms with Crippen molar-refractivity contribution < 1.29 is 0 Å². The van der Waals surface area contributed by atoms with Crippen LogP contribution in [0.1, 0.15) is 30.7 Å². The predicted molar refractivity (Wildman–Crippen MR) is 71.2 cm³/mol. The van der Waals surface area contributed by atoms with Crippen molar-refractivity contribution in [3.8, 4) is 0 Å². The van der Waals surface area contributed by atoms with E-state index in [1.807, 2.05) is 12.4 Å². The number of nitrogens with zero attached hydrogens (tertiary/aromatic N) is 1. The standard InChI is InChI=1S/C15H18N2/c1-16-13-6-5-11(9-13)14-4-2-3-12-10-17-8-7-15(12)14/h2-4,7-8,10-11,13,16H,5-6,9H2,1H3. The summed E-state index contributed by atoms with van der Waals surface area (Å²) in [5.41, 5.74) is 1.50. The van der Waals surface area contributed by atoms with Crippen molar-refractivity contribution in [3.05, 3.63) is 42.2 Å². The van der Waals surface area contributed by atoms with E-state index in [9.17, 15) is 0 Å². The number of hydrogen-bond donors (Lipinski definition) is 1. The molecule has 1 heterocycles. The van der Waals surface area contributed by atoms with E-state index in [0.717, 1.165) is 0 Å². The van der Waals surface area contributed by atoms with Gasteiger partial charge < -0.3 is 5.32 Å². The number of pyridine rings is 1. The van der Waals surface area contributed by atoms with Gasteiger partial charge in [-0.2, -0.15) is 0 Å². The summed E-state index contributed by atoms with van der Waals surface area (Å²) in [6.45, 7) is 0. The van der Waals surface area contributed by atoms with Crippen LogP contribution in [0.25, 0.3) is 10.8 Å². The number of hydrogen-bond acceptors (Lipinski definition) is 2. The molecule has 1 aromatic heterocycles. The van der Waals surface area contributed by atoms with Gasteiger partial charge in [-0.1, -0.05) is 18.2 Å². The highest BCUT2D eigenvalue weighted by atomic mass is 14.9. The molecular formula is C15H18N2. The van der Waals surface area contributed by atoms with Crippen LogP contribution >= 0.6 is 0 Å². The Kier molecular flexibility index (Phi) is 2.81. The number of aromatic nitrogens is 1. The molecule has 2 nitrogen and oxygen atoms in total. The largest absolute Gasteiger partial charge is 0.317 e. The third-order valence-corrected chi connectivity index (χ3v) is 4.00. The molecule has 1 fully saturated rings. The van der Waals surface area contributed by atoms with E-state index in [1.165, 1.54) is 35.6 Å². The second kappa shape index (κ2) is 4.46. The third-order valence-electron chi connectivity index (χ3n) is 4.00. The van der Waals surface area contributed by atoms with Crippen LogP contribution in [0, 0.1) is 0 Å². The third kappa shape index (κ3) is 1.93. The Labute approximate surface area is 102 Å². The van der Waals surface area contributed by atoms with Crippen molar-refractivity contribution in [2.24, 2.45) is 0 Å². The van der Waals surface area contributed by atoms with E-state index in [0.29, 0.717) is 12.0 Å². The summed E-state index contributed by atoms with van der Waals surface area (Å²) in [5.74, 6) is 0.707. The first-order valence-corrected chi connectivity index (χ1v) is 6.38. The molecular weight excluding hydrogens is 208 g/mol. The maximum absolute atomic E-state index is 4.20. The Morgan fingerprint density at radius 1 is 1.24 bits per heavy atom. The number of benzene rings is 1. The fourth-order valence-electron chi connectivity index (χ4n) is 3.03. The van der Waals surface area contributed by atoms with Gasteiger partial charge in [0.05, 0.1) is 0 Å². The van der Waals surface area contributed by atoms with E-state index in [1.54, 1.807) is 0 Å². The topological polar surface area (TPSA) is 24.9 Å². The van der Waals surface area contributed by atoms with Gasteiger partial charge in [0.25, 0.3) is 0 Å². The molecule has 0 saturated heterocycles. The molecule has 1 saturated carbocycles. The summed E-state index contributed by atoms with van der Waals surface area (Å²) >= 11 is 0. The quantitative estimate of drug-likeness (QED) is 0.851. The molecule has 1 aliphatic carbocycles. The lowest BCUT2D eigenvalue weighted by Gasteiger charge is -2.13. The minimum Gasteiger partial charge on any atom is -0.317 e. The molecule has 88 valence electrons. The van der Waals surface area contributed by atoms with Crippen LogP contribution in [0.4, 0.5) is 0 Å². The Morgan fingerprint density at radius 3 is 3.00 bits per heavy atom. The smallest absolute Gasteiger partial charge is 0.0346 e. The van der Waals surface area contributed by atoms with Gasteiger partial charge in [0.2, 0.25) is 0 Å². The normalized spacial score (nSPS) is 24.3. The highest BCUT2D eigenvalue weighted by molar-refractivity contribution is 5.85. The highest BCUT2D eigenvalue weighted by Gasteiger charge is 2.25. The minimum absolute atomic E-state index is 0.692. The van der Waals surface area contributed by atoms with Crippen LogP contribution in [0.2, 0.25) is 0 Å². The maximum Gasteiger partial charge on any atom is 0.0346 e. The monoisotopic (exact) mass is 226 g/mol. The van der Waals surface area contributed by atoms with Crippen LogP contribution < -0.4 is 5.32 Å². The molecule has 1 aliphatic rings. The molecule has 0 bridgehead atoms. The number of rotatable bonds is 2. The van der Waals surface area contributed by atoms with Gasteiger partial charge >= 0.3 is 0 Å². The second-order valence-electron chi connectivity index (χ2n) is 4.94. The first-order chi connectivity index (χ1) is 8.38. The van der Waals surface area contributed by atoms with Crippen molar-refractivity contribution in [2.75, 3.05) is 7.05 Å². The summed E-state index contributed by atoms with van der Waals surface area (Å²) in [6.07, 6.45) is 7.72. The second-order valence-corrected chi connectivity index (χ2v) is 4.94. The zero-order valence-corrected chi connectivity index (χ0v) is 10.2. The summed E-state index contributed by atoms with van der Waals surface area (Å²) < 4.78 is 0. The van der Waals surface area contributed by atoms with Crippen LogP contribution in [0.3, 0.4) is 0 Å². The lowest BCUT2D eigenvalue weighted by Crippen LogP contribution is -2.21. The van der Waals surface area contributed by atoms with Crippen LogP contribution in [0.5, 0.6) is 0 Å². The first-order valence-electron chi connectivity index (χ1n) is 6.38. The van der Waals surface area contributed by atoms with Gasteiger partial charge in [-0.3, -0.25) is 4.98 Å². The van der Waals surface area contributed by atoms with Gasteiger partial charge in [-0.15, -0.1) is 0 Å². The molecule has 0 spiro atoms. The Balaban J connectivity index is 2.00. The zero-order valence-electron chi connectivity index (χ0n) is 10.2. The van der Waals surface area contributed by atoms with Gasteiger partial charge in [0.15, 0.2) is 0 Å². The van der Waals surface area contributed by atoms with Crippen molar-refractivity contribution >= 4 is 10.8 Å². The number of fused-ring (bicyclic) bond motifs is 1. The fraction of sp³-hybridized carbons (Fsp3) is 0.400. The predicted octanol–water partition coefficient (Wildman–Crippen LogP) is 3.09. The molecule has 17 heavy (non-hydrogen) atoms. The van der Waals surface area contributed by atoms with Crippen LogP contribution in [-0.2, 0) is 0 Å². The average Bonchev–Trinajstić information content (AvgIpc) is 2.87. The summed E-state index contributed by atoms with van der Waals surface area (Å²) in [7, 11) is 2.07. The molecule has 3 rings (SSSR count). The van der Waals surface area contributed by atoms with Crippen molar-refractivity contribution in [1.29, 1.82) is 0 Å². The lowest BCUT2D eigenvalue weighted by molar-refractivity contribution is 0.572. The Hall–Kier alpha value is -1.41. The van der Waals surface area contributed by atoms with E-state index in [2.05, 4.69) is 41.6 Å². The zero-order chi connectivity index (χ0) is 11.7. The molecule has 1 N–H and O–H groups in total. The maximum atomic E-state index is 4.20. The first kappa shape index (κ1) is 10.7. The molecule has 2 atom stereocenters. The molecule has 2 aromatic rings. The summed E-state index contributed by atoms with van der Waals surface area (Å²) in [4.78, 5) is 4.20. The summed E-state index contributed by atoms with van der Waals surface area (Å²) in [6, 6.07) is 9.43. The van der Waals surface area contributed by atoms with Crippen LogP contribution in [-0.4, -0.2) is 18.1 Å². The number of nitrogens with one attached hydrogen (secondary N) is 1.